The first kappa shape index (κ1) is 15.5. The Hall–Kier alpha value is -1.52. The molecule has 0 unspecified atom stereocenters. The van der Waals surface area contributed by atoms with Gasteiger partial charge in [-0.3, -0.25) is 0 Å². The van der Waals surface area contributed by atoms with Crippen molar-refractivity contribution < 1.29 is 19.4 Å². The summed E-state index contributed by atoms with van der Waals surface area (Å²) in [5.41, 5.74) is -1.09. The second-order valence-electron chi connectivity index (χ2n) is 5.46. The summed E-state index contributed by atoms with van der Waals surface area (Å²) in [6, 6.07) is 0. The lowest BCUT2D eigenvalue weighted by molar-refractivity contribution is -0.131. The molecule has 17 heavy (non-hydrogen) atoms. The molecular formula is C12H21NO4. The first-order chi connectivity index (χ1) is 7.52. The van der Waals surface area contributed by atoms with Crippen molar-refractivity contribution in [1.29, 1.82) is 0 Å². The van der Waals surface area contributed by atoms with Gasteiger partial charge in [0.1, 0.15) is 5.60 Å². The molecular weight excluding hydrogens is 222 g/mol. The van der Waals surface area contributed by atoms with E-state index in [0.717, 1.165) is 6.08 Å². The van der Waals surface area contributed by atoms with Crippen molar-refractivity contribution in [2.75, 3.05) is 0 Å². The molecule has 0 spiro atoms. The van der Waals surface area contributed by atoms with Crippen molar-refractivity contribution in [3.8, 4) is 0 Å². The van der Waals surface area contributed by atoms with E-state index in [1.807, 2.05) is 0 Å². The Morgan fingerprint density at radius 3 is 2.18 bits per heavy atom. The third-order valence-electron chi connectivity index (χ3n) is 1.73. The molecule has 0 aromatic rings. The number of carbonyl (C=O) groups is 2. The minimum atomic E-state index is -1.00. The Labute approximate surface area is 102 Å². The Bertz CT molecular complexity index is 313. The highest BCUT2D eigenvalue weighted by atomic mass is 16.6. The van der Waals surface area contributed by atoms with Gasteiger partial charge < -0.3 is 15.2 Å². The summed E-state index contributed by atoms with van der Waals surface area (Å²) in [6.45, 7) is 8.93. The normalized spacial score (nSPS) is 12.5. The maximum atomic E-state index is 11.5. The van der Waals surface area contributed by atoms with E-state index < -0.39 is 23.2 Å². The van der Waals surface area contributed by atoms with E-state index in [1.54, 1.807) is 34.6 Å². The number of hydrogen-bond donors (Lipinski definition) is 2. The van der Waals surface area contributed by atoms with Gasteiger partial charge in [0.15, 0.2) is 0 Å². The van der Waals surface area contributed by atoms with Crippen LogP contribution in [0, 0.1) is 0 Å². The number of amides is 1. The quantitative estimate of drug-likeness (QED) is 0.743. The topological polar surface area (TPSA) is 75.6 Å². The first-order valence-electron chi connectivity index (χ1n) is 5.42. The lowest BCUT2D eigenvalue weighted by Crippen LogP contribution is -2.45. The first-order valence-corrected chi connectivity index (χ1v) is 5.42. The molecule has 0 heterocycles. The number of nitrogens with one attached hydrogen (secondary N) is 1. The van der Waals surface area contributed by atoms with E-state index in [-0.39, 0.29) is 0 Å². The number of aliphatic carboxylic acids is 1. The molecule has 0 aliphatic rings. The molecule has 0 fully saturated rings. The molecule has 0 aromatic carbocycles. The van der Waals surface area contributed by atoms with Crippen LogP contribution in [0.3, 0.4) is 0 Å². The number of alkyl carbamates (subject to hydrolysis) is 1. The molecule has 0 aliphatic heterocycles. The number of carboxylic acids is 1. The molecule has 0 aromatic heterocycles. The van der Waals surface area contributed by atoms with Crippen LogP contribution in [0.2, 0.25) is 0 Å². The zero-order valence-electron chi connectivity index (χ0n) is 11.0. The molecule has 0 aliphatic carbocycles. The summed E-state index contributed by atoms with van der Waals surface area (Å²) in [4.78, 5) is 21.8. The Kier molecular flexibility index (Phi) is 5.19. The average molecular weight is 243 g/mol. The van der Waals surface area contributed by atoms with Crippen molar-refractivity contribution in [1.82, 2.24) is 5.32 Å². The summed E-state index contributed by atoms with van der Waals surface area (Å²) >= 11 is 0. The van der Waals surface area contributed by atoms with Gasteiger partial charge in [-0.2, -0.15) is 0 Å². The van der Waals surface area contributed by atoms with Crippen LogP contribution in [0.1, 0.15) is 41.0 Å². The van der Waals surface area contributed by atoms with Gasteiger partial charge in [-0.25, -0.2) is 9.59 Å². The number of carbonyl (C=O) groups excluding carboxylic acids is 1. The molecule has 0 saturated heterocycles. The highest BCUT2D eigenvalue weighted by Gasteiger charge is 2.23. The molecule has 0 atom stereocenters. The van der Waals surface area contributed by atoms with Gasteiger partial charge in [0, 0.05) is 11.6 Å². The number of carboxylic acid groups (broad SMARTS) is 1. The fourth-order valence-corrected chi connectivity index (χ4v) is 1.09. The van der Waals surface area contributed by atoms with Crippen LogP contribution in [-0.2, 0) is 9.53 Å². The van der Waals surface area contributed by atoms with Gasteiger partial charge in [-0.05, 0) is 41.0 Å². The van der Waals surface area contributed by atoms with Gasteiger partial charge in [0.2, 0.25) is 0 Å². The van der Waals surface area contributed by atoms with E-state index >= 15 is 0 Å². The molecule has 2 N–H and O–H groups in total. The average Bonchev–Trinajstić information content (AvgIpc) is 1.96. The van der Waals surface area contributed by atoms with Crippen LogP contribution in [-0.4, -0.2) is 28.3 Å². The Balaban J connectivity index is 4.25. The molecule has 0 saturated carbocycles. The zero-order chi connectivity index (χ0) is 13.7. The van der Waals surface area contributed by atoms with E-state index in [4.69, 9.17) is 9.84 Å². The second-order valence-corrected chi connectivity index (χ2v) is 5.46. The largest absolute Gasteiger partial charge is 0.478 e. The molecule has 1 amide bonds. The molecule has 5 heteroatoms. The highest BCUT2D eigenvalue weighted by Crippen LogP contribution is 2.12. The maximum absolute atomic E-state index is 11.5. The van der Waals surface area contributed by atoms with Gasteiger partial charge in [-0.15, -0.1) is 0 Å². The van der Waals surface area contributed by atoms with Gasteiger partial charge in [0.25, 0.3) is 0 Å². The summed E-state index contributed by atoms with van der Waals surface area (Å²) in [6.07, 6.45) is 2.46. The lowest BCUT2D eigenvalue weighted by atomic mass is 10.0. The molecule has 0 bridgehead atoms. The zero-order valence-corrected chi connectivity index (χ0v) is 11.0. The smallest absolute Gasteiger partial charge is 0.408 e. The third kappa shape index (κ3) is 9.41. The predicted octanol–water partition coefficient (Wildman–Crippen LogP) is 2.32. The highest BCUT2D eigenvalue weighted by molar-refractivity contribution is 5.79. The van der Waals surface area contributed by atoms with Crippen LogP contribution in [0.15, 0.2) is 12.2 Å². The van der Waals surface area contributed by atoms with Gasteiger partial charge in [0.05, 0.1) is 0 Å². The van der Waals surface area contributed by atoms with E-state index in [9.17, 15) is 9.59 Å². The molecule has 0 radical (unpaired) electrons. The molecule has 98 valence electrons. The van der Waals surface area contributed by atoms with E-state index in [2.05, 4.69) is 5.32 Å². The summed E-state index contributed by atoms with van der Waals surface area (Å²) in [5, 5.41) is 11.1. The van der Waals surface area contributed by atoms with Crippen molar-refractivity contribution in [2.45, 2.75) is 52.2 Å². The number of ether oxygens (including phenoxy) is 1. The third-order valence-corrected chi connectivity index (χ3v) is 1.73. The van der Waals surface area contributed by atoms with Crippen LogP contribution in [0.4, 0.5) is 4.79 Å². The maximum Gasteiger partial charge on any atom is 0.408 e. The minimum absolute atomic E-state index is 0.415. The fourth-order valence-electron chi connectivity index (χ4n) is 1.09. The van der Waals surface area contributed by atoms with Crippen LogP contribution < -0.4 is 5.32 Å². The monoisotopic (exact) mass is 243 g/mol. The fraction of sp³-hybridized carbons (Fsp3) is 0.667. The standard InChI is InChI=1S/C12H21NO4/c1-11(2,3)17-10(16)13-12(4,5)8-6-7-9(14)15/h6-7H,8H2,1-5H3,(H,13,16)(H,14,15). The molecule has 5 nitrogen and oxygen atoms in total. The predicted molar refractivity (Wildman–Crippen MR) is 64.8 cm³/mol. The second kappa shape index (κ2) is 5.70. The number of hydrogen-bond acceptors (Lipinski definition) is 3. The van der Waals surface area contributed by atoms with Gasteiger partial charge in [-0.1, -0.05) is 6.08 Å². The van der Waals surface area contributed by atoms with E-state index in [1.165, 1.54) is 6.08 Å². The minimum Gasteiger partial charge on any atom is -0.478 e. The summed E-state index contributed by atoms with van der Waals surface area (Å²) in [7, 11) is 0. The molecule has 0 rings (SSSR count). The SMILES string of the molecule is CC(C)(CC=CC(=O)O)NC(=O)OC(C)(C)C. The summed E-state index contributed by atoms with van der Waals surface area (Å²) in [5.74, 6) is -1.00. The Morgan fingerprint density at radius 2 is 1.76 bits per heavy atom. The van der Waals surface area contributed by atoms with Gasteiger partial charge >= 0.3 is 12.1 Å². The van der Waals surface area contributed by atoms with Crippen molar-refractivity contribution in [3.63, 3.8) is 0 Å². The number of rotatable bonds is 4. The summed E-state index contributed by atoms with van der Waals surface area (Å²) < 4.78 is 5.11. The van der Waals surface area contributed by atoms with E-state index in [0.29, 0.717) is 6.42 Å². The van der Waals surface area contributed by atoms with Crippen molar-refractivity contribution in [2.24, 2.45) is 0 Å². The van der Waals surface area contributed by atoms with Crippen LogP contribution in [0.25, 0.3) is 0 Å². The Morgan fingerprint density at radius 1 is 1.24 bits per heavy atom. The van der Waals surface area contributed by atoms with Crippen molar-refractivity contribution in [3.05, 3.63) is 12.2 Å². The van der Waals surface area contributed by atoms with Crippen LogP contribution >= 0.6 is 0 Å². The van der Waals surface area contributed by atoms with Crippen molar-refractivity contribution >= 4 is 12.1 Å². The lowest BCUT2D eigenvalue weighted by Gasteiger charge is -2.27. The van der Waals surface area contributed by atoms with Crippen LogP contribution in [0.5, 0.6) is 0 Å².